The lowest BCUT2D eigenvalue weighted by Crippen LogP contribution is -2.24. The molecule has 0 saturated carbocycles. The summed E-state index contributed by atoms with van der Waals surface area (Å²) in [5.74, 6) is 0.970. The van der Waals surface area contributed by atoms with E-state index in [-0.39, 0.29) is 12.0 Å². The van der Waals surface area contributed by atoms with Crippen LogP contribution in [0.4, 0.5) is 5.69 Å². The molecule has 0 fully saturated rings. The molecule has 19 heavy (non-hydrogen) atoms. The van der Waals surface area contributed by atoms with Crippen molar-refractivity contribution >= 4 is 11.6 Å². The fourth-order valence-corrected chi connectivity index (χ4v) is 2.01. The third kappa shape index (κ3) is 4.81. The predicted octanol–water partition coefficient (Wildman–Crippen LogP) is 2.83. The van der Waals surface area contributed by atoms with Gasteiger partial charge in [0.15, 0.2) is 0 Å². The molecular formula is C15H24N2O2. The summed E-state index contributed by atoms with van der Waals surface area (Å²) in [6, 6.07) is 5.13. The number of nitrogen functional groups attached to an aromatic ring is 1. The first-order valence-electron chi connectivity index (χ1n) is 6.78. The van der Waals surface area contributed by atoms with Crippen LogP contribution in [0.5, 0.6) is 5.75 Å². The maximum absolute atomic E-state index is 11.9. The molecule has 3 N–H and O–H groups in total. The van der Waals surface area contributed by atoms with Crippen LogP contribution in [0.25, 0.3) is 0 Å². The normalized spacial score (nSPS) is 12.3. The van der Waals surface area contributed by atoms with E-state index in [1.54, 1.807) is 18.2 Å². The molecule has 0 aliphatic carbocycles. The van der Waals surface area contributed by atoms with Crippen molar-refractivity contribution in [3.8, 4) is 5.75 Å². The molecular weight excluding hydrogens is 240 g/mol. The Balaban J connectivity index is 2.91. The third-order valence-corrected chi connectivity index (χ3v) is 2.72. The summed E-state index contributed by atoms with van der Waals surface area (Å²) in [6.45, 7) is 8.76. The molecule has 0 heterocycles. The van der Waals surface area contributed by atoms with Crippen LogP contribution >= 0.6 is 0 Å². The van der Waals surface area contributed by atoms with Crippen LogP contribution in [0.15, 0.2) is 18.2 Å². The Labute approximate surface area is 115 Å². The SMILES string of the molecule is CCNC(=O)c1ccc(N)cc1OC(C)CC(C)C. The van der Waals surface area contributed by atoms with Gasteiger partial charge < -0.3 is 15.8 Å². The summed E-state index contributed by atoms with van der Waals surface area (Å²) in [5, 5.41) is 2.78. The lowest BCUT2D eigenvalue weighted by atomic mass is 10.1. The standard InChI is InChI=1S/C15H24N2O2/c1-5-17-15(18)13-7-6-12(16)9-14(13)19-11(4)8-10(2)3/h6-7,9-11H,5,8,16H2,1-4H3,(H,17,18). The van der Waals surface area contributed by atoms with Crippen molar-refractivity contribution in [2.24, 2.45) is 5.92 Å². The molecule has 106 valence electrons. The number of anilines is 1. The van der Waals surface area contributed by atoms with Crippen molar-refractivity contribution in [2.75, 3.05) is 12.3 Å². The van der Waals surface area contributed by atoms with Crippen LogP contribution in [-0.2, 0) is 0 Å². The van der Waals surface area contributed by atoms with E-state index < -0.39 is 0 Å². The highest BCUT2D eigenvalue weighted by Crippen LogP contribution is 2.24. The third-order valence-electron chi connectivity index (χ3n) is 2.72. The highest BCUT2D eigenvalue weighted by Gasteiger charge is 2.15. The molecule has 0 bridgehead atoms. The van der Waals surface area contributed by atoms with Gasteiger partial charge in [-0.3, -0.25) is 4.79 Å². The summed E-state index contributed by atoms with van der Waals surface area (Å²) in [4.78, 5) is 11.9. The topological polar surface area (TPSA) is 64.4 Å². The number of amides is 1. The van der Waals surface area contributed by atoms with Crippen LogP contribution in [0.2, 0.25) is 0 Å². The highest BCUT2D eigenvalue weighted by molar-refractivity contribution is 5.97. The zero-order valence-electron chi connectivity index (χ0n) is 12.2. The Morgan fingerprint density at radius 2 is 2.05 bits per heavy atom. The Bertz CT molecular complexity index is 430. The molecule has 0 radical (unpaired) electrons. The molecule has 1 aromatic rings. The first kappa shape index (κ1) is 15.3. The summed E-state index contributed by atoms with van der Waals surface area (Å²) >= 11 is 0. The van der Waals surface area contributed by atoms with E-state index >= 15 is 0 Å². The fraction of sp³-hybridized carbons (Fsp3) is 0.533. The van der Waals surface area contributed by atoms with Crippen LogP contribution in [0.1, 0.15) is 44.5 Å². The van der Waals surface area contributed by atoms with Crippen molar-refractivity contribution in [3.63, 3.8) is 0 Å². The van der Waals surface area contributed by atoms with E-state index in [1.165, 1.54) is 0 Å². The van der Waals surface area contributed by atoms with Gasteiger partial charge in [-0.25, -0.2) is 0 Å². The minimum absolute atomic E-state index is 0.0509. The molecule has 4 heteroatoms. The Kier molecular flexibility index (Phi) is 5.67. The molecule has 4 nitrogen and oxygen atoms in total. The number of hydrogen-bond acceptors (Lipinski definition) is 3. The van der Waals surface area contributed by atoms with E-state index in [1.807, 2.05) is 13.8 Å². The van der Waals surface area contributed by atoms with E-state index in [0.717, 1.165) is 6.42 Å². The summed E-state index contributed by atoms with van der Waals surface area (Å²) < 4.78 is 5.86. The van der Waals surface area contributed by atoms with E-state index in [2.05, 4.69) is 19.2 Å². The molecule has 0 aliphatic heterocycles. The number of ether oxygens (including phenoxy) is 1. The van der Waals surface area contributed by atoms with Gasteiger partial charge in [-0.15, -0.1) is 0 Å². The monoisotopic (exact) mass is 264 g/mol. The first-order valence-corrected chi connectivity index (χ1v) is 6.78. The van der Waals surface area contributed by atoms with Crippen LogP contribution in [0, 0.1) is 5.92 Å². The Hall–Kier alpha value is -1.71. The summed E-state index contributed by atoms with van der Waals surface area (Å²) in [6.07, 6.45) is 0.985. The van der Waals surface area contributed by atoms with Gasteiger partial charge >= 0.3 is 0 Å². The second-order valence-electron chi connectivity index (χ2n) is 5.17. The van der Waals surface area contributed by atoms with Crippen LogP contribution in [-0.4, -0.2) is 18.6 Å². The summed E-state index contributed by atoms with van der Waals surface area (Å²) in [5.41, 5.74) is 6.90. The predicted molar refractivity (Wildman–Crippen MR) is 78.4 cm³/mol. The Morgan fingerprint density at radius 1 is 1.37 bits per heavy atom. The smallest absolute Gasteiger partial charge is 0.255 e. The van der Waals surface area contributed by atoms with Gasteiger partial charge in [-0.2, -0.15) is 0 Å². The lowest BCUT2D eigenvalue weighted by Gasteiger charge is -2.19. The molecule has 0 spiro atoms. The van der Waals surface area contributed by atoms with Gasteiger partial charge in [0, 0.05) is 18.3 Å². The second kappa shape index (κ2) is 7.02. The molecule has 0 aliphatic rings. The number of carbonyl (C=O) groups excluding carboxylic acids is 1. The number of rotatable bonds is 6. The van der Waals surface area contributed by atoms with Crippen molar-refractivity contribution in [1.29, 1.82) is 0 Å². The number of carbonyl (C=O) groups is 1. The molecule has 1 aromatic carbocycles. The average Bonchev–Trinajstić information content (AvgIpc) is 2.27. The molecule has 1 atom stereocenters. The average molecular weight is 264 g/mol. The summed E-state index contributed by atoms with van der Waals surface area (Å²) in [7, 11) is 0. The van der Waals surface area contributed by atoms with Crippen molar-refractivity contribution in [2.45, 2.75) is 40.2 Å². The zero-order chi connectivity index (χ0) is 14.4. The van der Waals surface area contributed by atoms with Gasteiger partial charge in [0.2, 0.25) is 0 Å². The molecule has 1 rings (SSSR count). The van der Waals surface area contributed by atoms with Gasteiger partial charge in [-0.1, -0.05) is 13.8 Å². The fourth-order valence-electron chi connectivity index (χ4n) is 2.01. The van der Waals surface area contributed by atoms with Gasteiger partial charge in [0.1, 0.15) is 5.75 Å². The Morgan fingerprint density at radius 3 is 2.63 bits per heavy atom. The van der Waals surface area contributed by atoms with Crippen LogP contribution < -0.4 is 15.8 Å². The van der Waals surface area contributed by atoms with E-state index in [4.69, 9.17) is 10.5 Å². The number of nitrogens with two attached hydrogens (primary N) is 1. The van der Waals surface area contributed by atoms with Gasteiger partial charge in [0.25, 0.3) is 5.91 Å². The maximum Gasteiger partial charge on any atom is 0.255 e. The lowest BCUT2D eigenvalue weighted by molar-refractivity contribution is 0.0948. The van der Waals surface area contributed by atoms with Gasteiger partial charge in [0.05, 0.1) is 11.7 Å². The quantitative estimate of drug-likeness (QED) is 0.776. The molecule has 1 amide bonds. The first-order chi connectivity index (χ1) is 8.93. The highest BCUT2D eigenvalue weighted by atomic mass is 16.5. The van der Waals surface area contributed by atoms with E-state index in [0.29, 0.717) is 29.5 Å². The second-order valence-corrected chi connectivity index (χ2v) is 5.17. The van der Waals surface area contributed by atoms with Crippen molar-refractivity contribution in [1.82, 2.24) is 5.32 Å². The molecule has 1 unspecified atom stereocenters. The number of benzene rings is 1. The molecule has 0 saturated heterocycles. The largest absolute Gasteiger partial charge is 0.490 e. The molecule has 0 aromatic heterocycles. The minimum atomic E-state index is -0.130. The maximum atomic E-state index is 11.9. The van der Waals surface area contributed by atoms with Crippen molar-refractivity contribution in [3.05, 3.63) is 23.8 Å². The number of nitrogens with one attached hydrogen (secondary N) is 1. The number of hydrogen-bond donors (Lipinski definition) is 2. The van der Waals surface area contributed by atoms with E-state index in [9.17, 15) is 4.79 Å². The minimum Gasteiger partial charge on any atom is -0.490 e. The van der Waals surface area contributed by atoms with Gasteiger partial charge in [-0.05, 0) is 38.3 Å². The van der Waals surface area contributed by atoms with Crippen LogP contribution in [0.3, 0.4) is 0 Å². The van der Waals surface area contributed by atoms with Crippen molar-refractivity contribution < 1.29 is 9.53 Å². The zero-order valence-corrected chi connectivity index (χ0v) is 12.2.